The van der Waals surface area contributed by atoms with E-state index >= 15 is 0 Å². The lowest BCUT2D eigenvalue weighted by atomic mass is 10.2. The average molecular weight is 374 g/mol. The van der Waals surface area contributed by atoms with E-state index in [4.69, 9.17) is 25.8 Å². The van der Waals surface area contributed by atoms with E-state index in [1.54, 1.807) is 26.2 Å². The maximum atomic E-state index is 12.2. The van der Waals surface area contributed by atoms with Crippen LogP contribution in [0.4, 0.5) is 0 Å². The topological polar surface area (TPSA) is 65.1 Å². The predicted octanol–water partition coefficient (Wildman–Crippen LogP) is 2.15. The Morgan fingerprint density at radius 2 is 2.04 bits per heavy atom. The quantitative estimate of drug-likeness (QED) is 0.539. The van der Waals surface area contributed by atoms with Crippen molar-refractivity contribution in [3.8, 4) is 11.5 Å². The van der Waals surface area contributed by atoms with Crippen molar-refractivity contribution >= 4 is 35.2 Å². The zero-order chi connectivity index (χ0) is 17.5. The van der Waals surface area contributed by atoms with Crippen molar-refractivity contribution in [2.75, 3.05) is 32.0 Å². The van der Waals surface area contributed by atoms with E-state index in [0.717, 1.165) is 0 Å². The highest BCUT2D eigenvalue weighted by atomic mass is 35.5. The number of nitrogens with zero attached hydrogens (tertiary/aromatic N) is 1. The van der Waals surface area contributed by atoms with Crippen LogP contribution in [0.25, 0.3) is 0 Å². The van der Waals surface area contributed by atoms with Gasteiger partial charge in [-0.25, -0.2) is 4.79 Å². The molecule has 1 unspecified atom stereocenters. The van der Waals surface area contributed by atoms with Crippen LogP contribution in [0.2, 0.25) is 0 Å². The molecule has 1 saturated heterocycles. The van der Waals surface area contributed by atoms with Crippen LogP contribution in [0, 0.1) is 0 Å². The molecule has 0 aromatic heterocycles. The normalized spacial score (nSPS) is 19.9. The fourth-order valence-corrected chi connectivity index (χ4v) is 3.84. The summed E-state index contributed by atoms with van der Waals surface area (Å²) in [6, 6.07) is 6.63. The molecule has 0 radical (unpaired) electrons. The third-order valence-electron chi connectivity index (χ3n) is 3.50. The van der Waals surface area contributed by atoms with Crippen LogP contribution in [0.15, 0.2) is 24.3 Å². The van der Waals surface area contributed by atoms with Gasteiger partial charge >= 0.3 is 5.97 Å². The maximum absolute atomic E-state index is 12.2. The minimum absolute atomic E-state index is 0.193. The number of carbonyl (C=O) groups is 2. The van der Waals surface area contributed by atoms with Crippen LogP contribution in [0.1, 0.15) is 6.92 Å². The smallest absolute Gasteiger partial charge is 0.329 e. The molecule has 0 N–H and O–H groups in total. The summed E-state index contributed by atoms with van der Waals surface area (Å²) in [6.45, 7) is 2.23. The van der Waals surface area contributed by atoms with Crippen molar-refractivity contribution in [2.45, 2.75) is 18.3 Å². The van der Waals surface area contributed by atoms with Crippen LogP contribution >= 0.6 is 23.4 Å². The van der Waals surface area contributed by atoms with E-state index in [1.165, 1.54) is 16.7 Å². The molecule has 0 aliphatic carbocycles. The number of alkyl halides is 1. The van der Waals surface area contributed by atoms with Crippen molar-refractivity contribution < 1.29 is 23.8 Å². The molecule has 1 amide bonds. The molecule has 1 heterocycles. The van der Waals surface area contributed by atoms with Gasteiger partial charge in [0.25, 0.3) is 0 Å². The highest BCUT2D eigenvalue weighted by molar-refractivity contribution is 8.00. The zero-order valence-electron chi connectivity index (χ0n) is 13.6. The Kier molecular flexibility index (Phi) is 7.05. The number of carbonyl (C=O) groups excluding carboxylic acids is 2. The number of ether oxygens (including phenoxy) is 3. The van der Waals surface area contributed by atoms with Gasteiger partial charge in [0.1, 0.15) is 23.9 Å². The number of esters is 1. The summed E-state index contributed by atoms with van der Waals surface area (Å²) < 4.78 is 16.1. The summed E-state index contributed by atoms with van der Waals surface area (Å²) in [5.41, 5.74) is 0. The lowest BCUT2D eigenvalue weighted by Crippen LogP contribution is -2.48. The minimum atomic E-state index is -0.632. The van der Waals surface area contributed by atoms with Gasteiger partial charge in [-0.05, 0) is 19.1 Å². The summed E-state index contributed by atoms with van der Waals surface area (Å²) in [5, 5.41) is -0.310. The molecule has 1 aromatic rings. The van der Waals surface area contributed by atoms with Gasteiger partial charge in [-0.3, -0.25) is 4.79 Å². The molecular formula is C16H20ClNO5S. The summed E-state index contributed by atoms with van der Waals surface area (Å²) in [4.78, 5) is 25.7. The van der Waals surface area contributed by atoms with E-state index in [9.17, 15) is 9.59 Å². The van der Waals surface area contributed by atoms with E-state index in [0.29, 0.717) is 17.3 Å². The van der Waals surface area contributed by atoms with Crippen LogP contribution in [-0.2, 0) is 14.3 Å². The van der Waals surface area contributed by atoms with Gasteiger partial charge in [-0.2, -0.15) is 0 Å². The number of halogens is 1. The van der Waals surface area contributed by atoms with E-state index in [1.807, 2.05) is 12.1 Å². The summed E-state index contributed by atoms with van der Waals surface area (Å²) >= 11 is 7.16. The molecule has 6 nitrogen and oxygen atoms in total. The number of para-hydroxylation sites is 2. The lowest BCUT2D eigenvalue weighted by Gasteiger charge is -2.27. The Morgan fingerprint density at radius 1 is 1.33 bits per heavy atom. The van der Waals surface area contributed by atoms with Crippen LogP contribution < -0.4 is 9.47 Å². The Morgan fingerprint density at radius 3 is 2.67 bits per heavy atom. The van der Waals surface area contributed by atoms with Crippen molar-refractivity contribution in [1.82, 2.24) is 4.90 Å². The first-order chi connectivity index (χ1) is 11.6. The Labute approximate surface area is 150 Å². The standard InChI is InChI=1S/C16H20ClNO5S/c1-3-22-16(20)11-10-24-15(18(11)14(19)8-17)9-23-13-7-5-4-6-12(13)21-2/h4-7,11,15H,3,8-10H2,1-2H3/t11-,15?/m0/s1. The van der Waals surface area contributed by atoms with Gasteiger partial charge in [-0.1, -0.05) is 12.1 Å². The van der Waals surface area contributed by atoms with Crippen molar-refractivity contribution in [1.29, 1.82) is 0 Å². The van der Waals surface area contributed by atoms with Gasteiger partial charge in [0.05, 0.1) is 13.7 Å². The molecule has 24 heavy (non-hydrogen) atoms. The van der Waals surface area contributed by atoms with E-state index in [2.05, 4.69) is 0 Å². The fraction of sp³-hybridized carbons (Fsp3) is 0.500. The molecule has 8 heteroatoms. The lowest BCUT2D eigenvalue weighted by molar-refractivity contribution is -0.153. The maximum Gasteiger partial charge on any atom is 0.329 e. The van der Waals surface area contributed by atoms with Gasteiger partial charge in [-0.15, -0.1) is 23.4 Å². The van der Waals surface area contributed by atoms with Crippen LogP contribution in [0.3, 0.4) is 0 Å². The van der Waals surface area contributed by atoms with Crippen LogP contribution in [-0.4, -0.2) is 60.1 Å². The van der Waals surface area contributed by atoms with E-state index < -0.39 is 12.0 Å². The first kappa shape index (κ1) is 18.7. The minimum Gasteiger partial charge on any atom is -0.493 e. The molecular weight excluding hydrogens is 354 g/mol. The molecule has 0 spiro atoms. The number of hydrogen-bond acceptors (Lipinski definition) is 6. The largest absolute Gasteiger partial charge is 0.493 e. The number of amides is 1. The highest BCUT2D eigenvalue weighted by Gasteiger charge is 2.42. The summed E-state index contributed by atoms with van der Waals surface area (Å²) in [7, 11) is 1.56. The molecule has 2 rings (SSSR count). The molecule has 132 valence electrons. The zero-order valence-corrected chi connectivity index (χ0v) is 15.1. The molecule has 0 bridgehead atoms. The second-order valence-electron chi connectivity index (χ2n) is 4.95. The summed E-state index contributed by atoms with van der Waals surface area (Å²) in [6.07, 6.45) is 0. The first-order valence-corrected chi connectivity index (χ1v) is 9.11. The highest BCUT2D eigenvalue weighted by Crippen LogP contribution is 2.32. The van der Waals surface area contributed by atoms with Gasteiger partial charge < -0.3 is 19.1 Å². The summed E-state index contributed by atoms with van der Waals surface area (Å²) in [5.74, 6) is 0.732. The Hall–Kier alpha value is -1.60. The molecule has 0 saturated carbocycles. The second-order valence-corrected chi connectivity index (χ2v) is 6.43. The van der Waals surface area contributed by atoms with E-state index in [-0.39, 0.29) is 30.4 Å². The van der Waals surface area contributed by atoms with Crippen LogP contribution in [0.5, 0.6) is 11.5 Å². The molecule has 1 aromatic carbocycles. The Balaban J connectivity index is 2.08. The van der Waals surface area contributed by atoms with Gasteiger partial charge in [0, 0.05) is 5.75 Å². The number of benzene rings is 1. The fourth-order valence-electron chi connectivity index (χ4n) is 2.41. The number of thioether (sulfide) groups is 1. The first-order valence-electron chi connectivity index (χ1n) is 7.53. The number of methoxy groups -OCH3 is 1. The molecule has 1 aliphatic heterocycles. The van der Waals surface area contributed by atoms with Gasteiger partial charge in [0.2, 0.25) is 5.91 Å². The molecule has 1 fully saturated rings. The molecule has 2 atom stereocenters. The third kappa shape index (κ3) is 4.27. The van der Waals surface area contributed by atoms with Crippen molar-refractivity contribution in [2.24, 2.45) is 0 Å². The molecule has 1 aliphatic rings. The predicted molar refractivity (Wildman–Crippen MR) is 92.7 cm³/mol. The van der Waals surface area contributed by atoms with Crippen molar-refractivity contribution in [3.05, 3.63) is 24.3 Å². The average Bonchev–Trinajstić information content (AvgIpc) is 3.03. The Bertz CT molecular complexity index is 585. The monoisotopic (exact) mass is 373 g/mol. The second kappa shape index (κ2) is 9.03. The van der Waals surface area contributed by atoms with Gasteiger partial charge in [0.15, 0.2) is 11.5 Å². The number of rotatable bonds is 7. The number of hydrogen-bond donors (Lipinski definition) is 0. The van der Waals surface area contributed by atoms with Crippen molar-refractivity contribution in [3.63, 3.8) is 0 Å². The SMILES string of the molecule is CCOC(=O)[C@@H]1CSC(COc2ccccc2OC)N1C(=O)CCl. The third-order valence-corrected chi connectivity index (χ3v) is 4.99.